The van der Waals surface area contributed by atoms with Crippen molar-refractivity contribution in [3.05, 3.63) is 29.8 Å². The average molecular weight is 334 g/mol. The van der Waals surface area contributed by atoms with Gasteiger partial charge in [-0.25, -0.2) is 4.79 Å². The van der Waals surface area contributed by atoms with Gasteiger partial charge in [0.2, 0.25) is 0 Å². The molecule has 0 saturated carbocycles. The lowest BCUT2D eigenvalue weighted by Crippen LogP contribution is -2.02. The SMILES string of the molecule is CCCCCCCCCOC(=O)/C=C/c1ccc(OC)c(OC)c1. The van der Waals surface area contributed by atoms with E-state index >= 15 is 0 Å². The third-order valence-electron chi connectivity index (χ3n) is 3.81. The molecule has 0 fully saturated rings. The first-order chi connectivity index (χ1) is 11.7. The summed E-state index contributed by atoms with van der Waals surface area (Å²) in [6, 6.07) is 5.49. The van der Waals surface area contributed by atoms with Crippen LogP contribution in [0, 0.1) is 0 Å². The quantitative estimate of drug-likeness (QED) is 0.306. The molecule has 0 spiro atoms. The number of rotatable bonds is 12. The van der Waals surface area contributed by atoms with Gasteiger partial charge in [-0.1, -0.05) is 51.5 Å². The molecule has 0 heterocycles. The fourth-order valence-electron chi connectivity index (χ4n) is 2.40. The first-order valence-corrected chi connectivity index (χ1v) is 8.78. The number of unbranched alkanes of at least 4 members (excludes halogenated alkanes) is 6. The van der Waals surface area contributed by atoms with E-state index < -0.39 is 0 Å². The van der Waals surface area contributed by atoms with Crippen LogP contribution in [0.2, 0.25) is 0 Å². The van der Waals surface area contributed by atoms with E-state index in [9.17, 15) is 4.79 Å². The summed E-state index contributed by atoms with van der Waals surface area (Å²) in [5, 5.41) is 0. The van der Waals surface area contributed by atoms with Gasteiger partial charge in [0, 0.05) is 6.08 Å². The second-order valence-electron chi connectivity index (χ2n) is 5.74. The lowest BCUT2D eigenvalue weighted by atomic mass is 10.1. The number of hydrogen-bond acceptors (Lipinski definition) is 4. The second-order valence-corrected chi connectivity index (χ2v) is 5.74. The standard InChI is InChI=1S/C20H30O4/c1-4-5-6-7-8-9-10-15-24-20(21)14-12-17-11-13-18(22-2)19(16-17)23-3/h11-14,16H,4-10,15H2,1-3H3/b14-12+. The van der Waals surface area contributed by atoms with Gasteiger partial charge in [0.25, 0.3) is 0 Å². The van der Waals surface area contributed by atoms with Crippen LogP contribution in [0.1, 0.15) is 57.4 Å². The number of ether oxygens (including phenoxy) is 3. The number of hydrogen-bond donors (Lipinski definition) is 0. The summed E-state index contributed by atoms with van der Waals surface area (Å²) in [5.41, 5.74) is 0.862. The van der Waals surface area contributed by atoms with Crippen molar-refractivity contribution < 1.29 is 19.0 Å². The van der Waals surface area contributed by atoms with Crippen LogP contribution in [0.4, 0.5) is 0 Å². The molecule has 0 aliphatic rings. The Morgan fingerprint density at radius 1 is 0.958 bits per heavy atom. The van der Waals surface area contributed by atoms with E-state index in [0.29, 0.717) is 18.1 Å². The highest BCUT2D eigenvalue weighted by Gasteiger charge is 2.03. The van der Waals surface area contributed by atoms with Crippen molar-refractivity contribution in [2.45, 2.75) is 51.9 Å². The molecule has 0 aliphatic carbocycles. The maximum Gasteiger partial charge on any atom is 0.330 e. The Bertz CT molecular complexity index is 508. The van der Waals surface area contributed by atoms with Gasteiger partial charge in [-0.3, -0.25) is 0 Å². The summed E-state index contributed by atoms with van der Waals surface area (Å²) in [5.74, 6) is 0.989. The van der Waals surface area contributed by atoms with Gasteiger partial charge >= 0.3 is 5.97 Å². The highest BCUT2D eigenvalue weighted by atomic mass is 16.5. The van der Waals surface area contributed by atoms with Gasteiger partial charge in [0.05, 0.1) is 20.8 Å². The van der Waals surface area contributed by atoms with E-state index in [4.69, 9.17) is 14.2 Å². The first kappa shape index (κ1) is 20.1. The highest BCUT2D eigenvalue weighted by Crippen LogP contribution is 2.27. The fourth-order valence-corrected chi connectivity index (χ4v) is 2.40. The van der Waals surface area contributed by atoms with Gasteiger partial charge in [-0.2, -0.15) is 0 Å². The molecule has 0 unspecified atom stereocenters. The third kappa shape index (κ3) is 8.04. The minimum Gasteiger partial charge on any atom is -0.493 e. The smallest absolute Gasteiger partial charge is 0.330 e. The predicted molar refractivity (Wildman–Crippen MR) is 97.5 cm³/mol. The monoisotopic (exact) mass is 334 g/mol. The lowest BCUT2D eigenvalue weighted by Gasteiger charge is -2.07. The molecule has 134 valence electrons. The minimum atomic E-state index is -0.309. The molecular weight excluding hydrogens is 304 g/mol. The molecule has 0 saturated heterocycles. The van der Waals surface area contributed by atoms with Gasteiger partial charge in [-0.15, -0.1) is 0 Å². The summed E-state index contributed by atoms with van der Waals surface area (Å²) in [6.45, 7) is 2.71. The Hall–Kier alpha value is -1.97. The maximum absolute atomic E-state index is 11.7. The predicted octanol–water partition coefficient (Wildman–Crippen LogP) is 5.01. The summed E-state index contributed by atoms with van der Waals surface area (Å²) in [6.07, 6.45) is 11.6. The zero-order valence-electron chi connectivity index (χ0n) is 15.2. The zero-order valence-corrected chi connectivity index (χ0v) is 15.2. The molecule has 4 nitrogen and oxygen atoms in total. The molecule has 0 amide bonds. The van der Waals surface area contributed by atoms with Crippen molar-refractivity contribution >= 4 is 12.0 Å². The molecule has 0 radical (unpaired) electrons. The van der Waals surface area contributed by atoms with Gasteiger partial charge in [0.1, 0.15) is 0 Å². The van der Waals surface area contributed by atoms with Crippen LogP contribution >= 0.6 is 0 Å². The van der Waals surface area contributed by atoms with Crippen molar-refractivity contribution in [3.8, 4) is 11.5 Å². The van der Waals surface area contributed by atoms with Crippen molar-refractivity contribution in [1.82, 2.24) is 0 Å². The zero-order chi connectivity index (χ0) is 17.6. The van der Waals surface area contributed by atoms with Crippen molar-refractivity contribution in [1.29, 1.82) is 0 Å². The lowest BCUT2D eigenvalue weighted by molar-refractivity contribution is -0.137. The van der Waals surface area contributed by atoms with Crippen LogP contribution in [-0.4, -0.2) is 26.8 Å². The van der Waals surface area contributed by atoms with Gasteiger partial charge < -0.3 is 14.2 Å². The van der Waals surface area contributed by atoms with E-state index in [1.165, 1.54) is 38.2 Å². The molecule has 0 aromatic heterocycles. The molecule has 1 aromatic carbocycles. The van der Waals surface area contributed by atoms with Crippen LogP contribution in [0.5, 0.6) is 11.5 Å². The Morgan fingerprint density at radius 3 is 2.29 bits per heavy atom. The van der Waals surface area contributed by atoms with Crippen molar-refractivity contribution in [2.75, 3.05) is 20.8 Å². The molecule has 1 rings (SSSR count). The van der Waals surface area contributed by atoms with Crippen LogP contribution in [0.15, 0.2) is 24.3 Å². The van der Waals surface area contributed by atoms with Crippen LogP contribution in [0.3, 0.4) is 0 Å². The number of carbonyl (C=O) groups excluding carboxylic acids is 1. The van der Waals surface area contributed by atoms with E-state index in [1.54, 1.807) is 20.3 Å². The van der Waals surface area contributed by atoms with E-state index in [-0.39, 0.29) is 5.97 Å². The second kappa shape index (κ2) is 12.5. The number of esters is 1. The van der Waals surface area contributed by atoms with Crippen molar-refractivity contribution in [2.24, 2.45) is 0 Å². The van der Waals surface area contributed by atoms with E-state index in [2.05, 4.69) is 6.92 Å². The topological polar surface area (TPSA) is 44.8 Å². The summed E-state index contributed by atoms with van der Waals surface area (Å²) in [7, 11) is 3.18. The summed E-state index contributed by atoms with van der Waals surface area (Å²) in [4.78, 5) is 11.7. The van der Waals surface area contributed by atoms with E-state index in [1.807, 2.05) is 18.2 Å². The molecule has 0 bridgehead atoms. The Labute approximate surface area is 145 Å². The largest absolute Gasteiger partial charge is 0.493 e. The van der Waals surface area contributed by atoms with E-state index in [0.717, 1.165) is 18.4 Å². The third-order valence-corrected chi connectivity index (χ3v) is 3.81. The van der Waals surface area contributed by atoms with Crippen LogP contribution < -0.4 is 9.47 Å². The molecular formula is C20H30O4. The number of methoxy groups -OCH3 is 2. The average Bonchev–Trinajstić information content (AvgIpc) is 2.61. The number of carbonyl (C=O) groups is 1. The number of benzene rings is 1. The normalized spacial score (nSPS) is 10.8. The maximum atomic E-state index is 11.7. The van der Waals surface area contributed by atoms with Gasteiger partial charge in [0.15, 0.2) is 11.5 Å². The Morgan fingerprint density at radius 2 is 1.62 bits per heavy atom. The summed E-state index contributed by atoms with van der Waals surface area (Å²) < 4.78 is 15.6. The van der Waals surface area contributed by atoms with Crippen molar-refractivity contribution in [3.63, 3.8) is 0 Å². The Kier molecular flexibility index (Phi) is 10.4. The molecule has 24 heavy (non-hydrogen) atoms. The highest BCUT2D eigenvalue weighted by molar-refractivity contribution is 5.87. The van der Waals surface area contributed by atoms with Crippen LogP contribution in [-0.2, 0) is 9.53 Å². The Balaban J connectivity index is 2.26. The molecule has 4 heteroatoms. The van der Waals surface area contributed by atoms with Crippen LogP contribution in [0.25, 0.3) is 6.08 Å². The molecule has 1 aromatic rings. The fraction of sp³-hybridized carbons (Fsp3) is 0.550. The minimum absolute atomic E-state index is 0.309. The first-order valence-electron chi connectivity index (χ1n) is 8.78. The molecule has 0 atom stereocenters. The molecule has 0 N–H and O–H groups in total. The summed E-state index contributed by atoms with van der Waals surface area (Å²) >= 11 is 0. The van der Waals surface area contributed by atoms with Gasteiger partial charge in [-0.05, 0) is 30.2 Å². The molecule has 0 aliphatic heterocycles.